The van der Waals surface area contributed by atoms with Crippen LogP contribution in [-0.2, 0) is 5.41 Å². The van der Waals surface area contributed by atoms with Crippen molar-refractivity contribution >= 4 is 29.3 Å². The fourth-order valence-corrected chi connectivity index (χ4v) is 4.33. The number of ether oxygens (including phenoxy) is 1. The predicted octanol–water partition coefficient (Wildman–Crippen LogP) is 5.55. The summed E-state index contributed by atoms with van der Waals surface area (Å²) in [5.74, 6) is 0.401. The summed E-state index contributed by atoms with van der Waals surface area (Å²) in [4.78, 5) is 21.4. The van der Waals surface area contributed by atoms with E-state index in [0.717, 1.165) is 24.1 Å². The van der Waals surface area contributed by atoms with E-state index < -0.39 is 11.6 Å². The highest BCUT2D eigenvalue weighted by atomic mass is 16.5. The second-order valence-electron chi connectivity index (χ2n) is 10.5. The van der Waals surface area contributed by atoms with E-state index in [-0.39, 0.29) is 5.91 Å². The van der Waals surface area contributed by atoms with Gasteiger partial charge in [-0.05, 0) is 94.9 Å². The van der Waals surface area contributed by atoms with E-state index in [1.165, 1.54) is 0 Å². The lowest BCUT2D eigenvalue weighted by atomic mass is 9.85. The molecule has 1 amide bonds. The number of benzene rings is 3. The first-order valence-corrected chi connectivity index (χ1v) is 12.9. The van der Waals surface area contributed by atoms with Crippen molar-refractivity contribution in [1.29, 1.82) is 5.26 Å². The molecular weight excluding hydrogens is 490 g/mol. The average Bonchev–Trinajstić information content (AvgIpc) is 2.92. The molecule has 4 rings (SSSR count). The number of nitriles is 1. The van der Waals surface area contributed by atoms with Crippen molar-refractivity contribution in [2.45, 2.75) is 38.8 Å². The minimum absolute atomic E-state index is 0.283. The number of hydrogen-bond donors (Lipinski definition) is 2. The van der Waals surface area contributed by atoms with Gasteiger partial charge in [-0.3, -0.25) is 4.79 Å². The van der Waals surface area contributed by atoms with Crippen LogP contribution in [0.2, 0.25) is 0 Å². The number of anilines is 2. The molecule has 0 saturated carbocycles. The number of rotatable bonds is 9. The molecule has 0 fully saturated rings. The van der Waals surface area contributed by atoms with Crippen LogP contribution >= 0.6 is 0 Å². The molecule has 0 bridgehead atoms. The smallest absolute Gasteiger partial charge is 0.255 e. The van der Waals surface area contributed by atoms with Gasteiger partial charge in [-0.25, -0.2) is 4.99 Å². The van der Waals surface area contributed by atoms with E-state index in [1.807, 2.05) is 77.3 Å². The first-order valence-electron chi connectivity index (χ1n) is 12.9. The molecule has 0 aliphatic carbocycles. The van der Waals surface area contributed by atoms with Crippen LogP contribution in [0.3, 0.4) is 0 Å². The Balaban J connectivity index is 1.52. The van der Waals surface area contributed by atoms with Gasteiger partial charge in [-0.1, -0.05) is 18.2 Å². The summed E-state index contributed by atoms with van der Waals surface area (Å²) in [5, 5.41) is 23.7. The highest BCUT2D eigenvalue weighted by Crippen LogP contribution is 2.38. The molecule has 1 aliphatic heterocycles. The summed E-state index contributed by atoms with van der Waals surface area (Å²) in [7, 11) is 4.05. The van der Waals surface area contributed by atoms with E-state index in [2.05, 4.69) is 21.3 Å². The summed E-state index contributed by atoms with van der Waals surface area (Å²) in [6.45, 7) is 7.09. The quantitative estimate of drug-likeness (QED) is 0.355. The van der Waals surface area contributed by atoms with Gasteiger partial charge in [0.15, 0.2) is 6.23 Å². The predicted molar refractivity (Wildman–Crippen MR) is 155 cm³/mol. The Labute approximate surface area is 230 Å². The number of hydrogen-bond acceptors (Lipinski definition) is 7. The molecule has 1 atom stereocenters. The summed E-state index contributed by atoms with van der Waals surface area (Å²) in [6.07, 6.45) is 1.53. The van der Waals surface area contributed by atoms with Gasteiger partial charge >= 0.3 is 0 Å². The summed E-state index contributed by atoms with van der Waals surface area (Å²) in [5.41, 5.74) is 4.07. The van der Waals surface area contributed by atoms with Gasteiger partial charge in [0.2, 0.25) is 0 Å². The number of nitrogens with zero attached hydrogens (tertiary/aromatic N) is 4. The third kappa shape index (κ3) is 6.45. The Morgan fingerprint density at radius 2 is 1.97 bits per heavy atom. The van der Waals surface area contributed by atoms with Gasteiger partial charge in [-0.15, -0.1) is 0 Å². The second-order valence-corrected chi connectivity index (χ2v) is 10.5. The number of fused-ring (bicyclic) bond motifs is 1. The monoisotopic (exact) mass is 525 g/mol. The van der Waals surface area contributed by atoms with Gasteiger partial charge in [0, 0.05) is 29.0 Å². The van der Waals surface area contributed by atoms with Gasteiger partial charge in [0.1, 0.15) is 5.75 Å². The maximum atomic E-state index is 13.1. The van der Waals surface area contributed by atoms with Crippen LogP contribution < -0.4 is 15.0 Å². The zero-order valence-electron chi connectivity index (χ0n) is 23.1. The largest absolute Gasteiger partial charge is 0.494 e. The third-order valence-corrected chi connectivity index (χ3v) is 6.75. The molecule has 3 aromatic rings. The lowest BCUT2D eigenvalue weighted by Crippen LogP contribution is -2.30. The van der Waals surface area contributed by atoms with Crippen molar-refractivity contribution in [3.8, 4) is 11.8 Å². The molecule has 1 aliphatic rings. The Kier molecular flexibility index (Phi) is 8.34. The van der Waals surface area contributed by atoms with Crippen molar-refractivity contribution < 1.29 is 14.6 Å². The van der Waals surface area contributed by atoms with Crippen molar-refractivity contribution in [1.82, 2.24) is 4.90 Å². The van der Waals surface area contributed by atoms with Crippen molar-refractivity contribution in [2.24, 2.45) is 4.99 Å². The maximum absolute atomic E-state index is 13.1. The highest BCUT2D eigenvalue weighted by Gasteiger charge is 2.26. The van der Waals surface area contributed by atoms with Crippen molar-refractivity contribution in [2.75, 3.05) is 37.5 Å². The number of aliphatic imine (C=N–C) groups is 1. The fourth-order valence-electron chi connectivity index (χ4n) is 4.33. The molecule has 1 unspecified atom stereocenters. The minimum atomic E-state index is -0.975. The fraction of sp³-hybridized carbons (Fsp3) is 0.323. The van der Waals surface area contributed by atoms with Crippen LogP contribution in [0, 0.1) is 18.3 Å². The summed E-state index contributed by atoms with van der Waals surface area (Å²) < 4.78 is 5.90. The number of aryl methyl sites for hydroxylation is 1. The Morgan fingerprint density at radius 1 is 1.18 bits per heavy atom. The molecule has 0 radical (unpaired) electrons. The number of aliphatic hydroxyl groups is 1. The molecule has 0 saturated heterocycles. The molecule has 3 aromatic carbocycles. The summed E-state index contributed by atoms with van der Waals surface area (Å²) >= 11 is 0. The molecule has 1 heterocycles. The van der Waals surface area contributed by atoms with Crippen LogP contribution in [-0.4, -0.2) is 49.5 Å². The number of nitrogens with one attached hydrogen (secondary N) is 1. The molecule has 0 spiro atoms. The topological polar surface area (TPSA) is 101 Å². The van der Waals surface area contributed by atoms with Crippen molar-refractivity contribution in [3.63, 3.8) is 0 Å². The molecule has 2 N–H and O–H groups in total. The lowest BCUT2D eigenvalue weighted by molar-refractivity contribution is 0.102. The highest BCUT2D eigenvalue weighted by molar-refractivity contribution is 6.05. The van der Waals surface area contributed by atoms with E-state index in [4.69, 9.17) is 4.74 Å². The number of aliphatic hydroxyl groups excluding tert-OH is 1. The zero-order valence-corrected chi connectivity index (χ0v) is 23.1. The van der Waals surface area contributed by atoms with Crippen molar-refractivity contribution in [3.05, 3.63) is 82.9 Å². The van der Waals surface area contributed by atoms with E-state index >= 15 is 0 Å². The molecule has 8 nitrogen and oxygen atoms in total. The molecule has 39 heavy (non-hydrogen) atoms. The van der Waals surface area contributed by atoms with Gasteiger partial charge in [0.05, 0.1) is 30.1 Å². The molecule has 8 heteroatoms. The Hall–Kier alpha value is -4.19. The normalized spacial score (nSPS) is 14.6. The average molecular weight is 526 g/mol. The second kappa shape index (κ2) is 11.7. The van der Waals surface area contributed by atoms with E-state index in [1.54, 1.807) is 29.4 Å². The Bertz CT molecular complexity index is 1420. The lowest BCUT2D eigenvalue weighted by Gasteiger charge is -2.31. The van der Waals surface area contributed by atoms with Crippen LogP contribution in [0.1, 0.15) is 53.5 Å². The van der Waals surface area contributed by atoms with Crippen LogP contribution in [0.5, 0.6) is 5.75 Å². The SMILES string of the molecule is Cc1ccc(NC(=O)c2cccc(C(C)(C)C#N)c2)cc1N1C=Nc2ccc(OCCCN(C)C)cc2C1O. The third-order valence-electron chi connectivity index (χ3n) is 6.75. The molecule has 0 aromatic heterocycles. The van der Waals surface area contributed by atoms with Gasteiger partial charge in [0.25, 0.3) is 5.91 Å². The Morgan fingerprint density at radius 3 is 2.72 bits per heavy atom. The number of amides is 1. The number of carbonyl (C=O) groups excluding carboxylic acids is 1. The van der Waals surface area contributed by atoms with E-state index in [9.17, 15) is 15.2 Å². The number of carbonyl (C=O) groups is 1. The van der Waals surface area contributed by atoms with Gasteiger partial charge < -0.3 is 25.0 Å². The zero-order chi connectivity index (χ0) is 28.2. The first kappa shape index (κ1) is 27.8. The first-order chi connectivity index (χ1) is 18.6. The van der Waals surface area contributed by atoms with Gasteiger partial charge in [-0.2, -0.15) is 5.26 Å². The van der Waals surface area contributed by atoms with Crippen LogP contribution in [0.15, 0.2) is 65.7 Å². The minimum Gasteiger partial charge on any atom is -0.494 e. The van der Waals surface area contributed by atoms with Crippen LogP contribution in [0.25, 0.3) is 0 Å². The maximum Gasteiger partial charge on any atom is 0.255 e. The van der Waals surface area contributed by atoms with E-state index in [0.29, 0.717) is 40.5 Å². The standard InChI is InChI=1S/C31H35N5O3/c1-21-10-11-24(34-29(37)22-8-6-9-23(16-22)31(2,3)19-32)17-28(21)36-20-33-27-13-12-25(18-26(27)30(36)38)39-15-7-14-35(4)5/h6,8-13,16-18,20,30,38H,7,14-15H2,1-5H3,(H,34,37). The molecular formula is C31H35N5O3. The van der Waals surface area contributed by atoms with Crippen LogP contribution in [0.4, 0.5) is 17.1 Å². The molecule has 202 valence electrons. The summed E-state index contributed by atoms with van der Waals surface area (Å²) in [6, 6.07) is 20.4.